The molecular weight excluding hydrogens is 394 g/mol. The molecule has 0 fully saturated rings. The Bertz CT molecular complexity index is 1070. The third-order valence-electron chi connectivity index (χ3n) is 5.54. The first-order chi connectivity index (χ1) is 14.4. The number of nitrogens with two attached hydrogens (primary N) is 1. The Morgan fingerprint density at radius 3 is 2.33 bits per heavy atom. The number of amides is 2. The quantitative estimate of drug-likeness (QED) is 0.638. The van der Waals surface area contributed by atoms with Gasteiger partial charge in [0.2, 0.25) is 0 Å². The van der Waals surface area contributed by atoms with Crippen LogP contribution in [0.5, 0.6) is 0 Å². The Hall–Kier alpha value is -2.96. The van der Waals surface area contributed by atoms with E-state index < -0.39 is 5.91 Å². The van der Waals surface area contributed by atoms with E-state index in [-0.39, 0.29) is 5.91 Å². The summed E-state index contributed by atoms with van der Waals surface area (Å²) in [6.45, 7) is 5.99. The van der Waals surface area contributed by atoms with Gasteiger partial charge in [-0.05, 0) is 49.1 Å². The Kier molecular flexibility index (Phi) is 5.70. The van der Waals surface area contributed by atoms with E-state index in [1.807, 2.05) is 42.5 Å². The molecule has 4 rings (SSSR count). The molecule has 1 aromatic heterocycles. The number of carbonyl (C=O) groups is 2. The normalized spacial score (nSPS) is 13.8. The number of hydrogen-bond donors (Lipinski definition) is 2. The van der Waals surface area contributed by atoms with Crippen molar-refractivity contribution in [3.8, 4) is 11.1 Å². The molecular formula is C24H25N3O2S. The van der Waals surface area contributed by atoms with Crippen LogP contribution in [0.1, 0.15) is 45.0 Å². The number of carbonyl (C=O) groups excluding carboxylic acids is 2. The molecule has 2 heterocycles. The summed E-state index contributed by atoms with van der Waals surface area (Å²) in [7, 11) is 0. The van der Waals surface area contributed by atoms with Crippen molar-refractivity contribution in [3.05, 3.63) is 76.2 Å². The molecule has 0 atom stereocenters. The van der Waals surface area contributed by atoms with Crippen LogP contribution in [0, 0.1) is 0 Å². The van der Waals surface area contributed by atoms with Crippen LogP contribution in [0.3, 0.4) is 0 Å². The van der Waals surface area contributed by atoms with Crippen molar-refractivity contribution in [1.29, 1.82) is 0 Å². The van der Waals surface area contributed by atoms with Crippen molar-refractivity contribution in [1.82, 2.24) is 4.90 Å². The van der Waals surface area contributed by atoms with Gasteiger partial charge >= 0.3 is 0 Å². The monoisotopic (exact) mass is 419 g/mol. The first-order valence-electron chi connectivity index (χ1n) is 10.1. The lowest BCUT2D eigenvalue weighted by Gasteiger charge is -2.30. The third kappa shape index (κ3) is 4.01. The summed E-state index contributed by atoms with van der Waals surface area (Å²) in [4.78, 5) is 28.5. The maximum absolute atomic E-state index is 12.9. The summed E-state index contributed by atoms with van der Waals surface area (Å²) >= 11 is 1.46. The van der Waals surface area contributed by atoms with E-state index in [9.17, 15) is 9.59 Å². The minimum Gasteiger partial charge on any atom is -0.365 e. The van der Waals surface area contributed by atoms with Crippen LogP contribution in [0.2, 0.25) is 0 Å². The van der Waals surface area contributed by atoms with Gasteiger partial charge < -0.3 is 11.1 Å². The van der Waals surface area contributed by atoms with Crippen LogP contribution in [0.25, 0.3) is 11.1 Å². The van der Waals surface area contributed by atoms with Gasteiger partial charge in [-0.1, -0.05) is 42.5 Å². The topological polar surface area (TPSA) is 75.4 Å². The Labute approximate surface area is 180 Å². The zero-order valence-electron chi connectivity index (χ0n) is 17.1. The lowest BCUT2D eigenvalue weighted by molar-refractivity contribution is 0.0999. The highest BCUT2D eigenvalue weighted by atomic mass is 32.1. The molecule has 0 saturated carbocycles. The number of primary amides is 1. The molecule has 3 aromatic rings. The maximum Gasteiger partial charge on any atom is 0.256 e. The zero-order chi connectivity index (χ0) is 21.3. The van der Waals surface area contributed by atoms with Crippen molar-refractivity contribution in [3.63, 3.8) is 0 Å². The number of rotatable bonds is 5. The van der Waals surface area contributed by atoms with Crippen molar-refractivity contribution >= 4 is 28.2 Å². The predicted molar refractivity (Wildman–Crippen MR) is 122 cm³/mol. The fourth-order valence-electron chi connectivity index (χ4n) is 3.83. The highest BCUT2D eigenvalue weighted by Gasteiger charge is 2.28. The van der Waals surface area contributed by atoms with Gasteiger partial charge in [0.25, 0.3) is 11.8 Å². The first kappa shape index (κ1) is 20.3. The molecule has 0 spiro atoms. The van der Waals surface area contributed by atoms with Gasteiger partial charge in [-0.2, -0.15) is 0 Å². The Morgan fingerprint density at radius 1 is 1.03 bits per heavy atom. The minimum atomic E-state index is -0.486. The molecule has 1 aliphatic rings. The van der Waals surface area contributed by atoms with Crippen molar-refractivity contribution in [2.45, 2.75) is 32.9 Å². The average molecular weight is 420 g/mol. The summed E-state index contributed by atoms with van der Waals surface area (Å²) in [5.41, 5.74) is 9.82. The van der Waals surface area contributed by atoms with Crippen molar-refractivity contribution < 1.29 is 9.59 Å². The van der Waals surface area contributed by atoms with Crippen LogP contribution in [0.15, 0.2) is 54.6 Å². The van der Waals surface area contributed by atoms with E-state index in [2.05, 4.69) is 24.1 Å². The van der Waals surface area contributed by atoms with Gasteiger partial charge in [-0.25, -0.2) is 0 Å². The van der Waals surface area contributed by atoms with E-state index in [0.717, 1.165) is 41.1 Å². The molecule has 5 nitrogen and oxygen atoms in total. The lowest BCUT2D eigenvalue weighted by atomic mass is 10.0. The van der Waals surface area contributed by atoms with Crippen LogP contribution in [-0.4, -0.2) is 29.3 Å². The van der Waals surface area contributed by atoms with E-state index in [1.54, 1.807) is 12.1 Å². The molecule has 0 unspecified atom stereocenters. The predicted octanol–water partition coefficient (Wildman–Crippen LogP) is 4.53. The summed E-state index contributed by atoms with van der Waals surface area (Å²) in [5.74, 6) is -0.725. The second kappa shape index (κ2) is 8.42. The molecule has 0 aliphatic carbocycles. The van der Waals surface area contributed by atoms with E-state index >= 15 is 0 Å². The molecule has 2 aromatic carbocycles. The highest BCUT2D eigenvalue weighted by Crippen LogP contribution is 2.37. The third-order valence-corrected chi connectivity index (χ3v) is 6.68. The fourth-order valence-corrected chi connectivity index (χ4v) is 5.11. The number of benzene rings is 2. The number of thiophene rings is 1. The maximum atomic E-state index is 12.9. The van der Waals surface area contributed by atoms with Crippen LogP contribution < -0.4 is 11.1 Å². The number of anilines is 1. The number of nitrogens with one attached hydrogen (secondary N) is 1. The van der Waals surface area contributed by atoms with E-state index in [4.69, 9.17) is 5.73 Å². The van der Waals surface area contributed by atoms with Gasteiger partial charge in [0, 0.05) is 29.6 Å². The van der Waals surface area contributed by atoms with E-state index in [1.165, 1.54) is 11.3 Å². The summed E-state index contributed by atoms with van der Waals surface area (Å²) in [6, 6.07) is 17.9. The molecule has 3 N–H and O–H groups in total. The number of fused-ring (bicyclic) bond motifs is 1. The SMILES string of the molecule is CC(C)N1CCc2c(sc(NC(=O)c3ccc(-c4ccccc4)cc3)c2C(N)=O)C1. The molecule has 154 valence electrons. The molecule has 0 radical (unpaired) electrons. The minimum absolute atomic E-state index is 0.239. The summed E-state index contributed by atoms with van der Waals surface area (Å²) in [5, 5.41) is 3.48. The fraction of sp³-hybridized carbons (Fsp3) is 0.250. The van der Waals surface area contributed by atoms with Gasteiger partial charge in [-0.3, -0.25) is 14.5 Å². The van der Waals surface area contributed by atoms with Gasteiger partial charge in [0.1, 0.15) is 5.00 Å². The molecule has 0 bridgehead atoms. The lowest BCUT2D eigenvalue weighted by Crippen LogP contribution is -2.35. The molecule has 30 heavy (non-hydrogen) atoms. The molecule has 0 saturated heterocycles. The molecule has 6 heteroatoms. The second-order valence-corrected chi connectivity index (χ2v) is 8.89. The number of nitrogens with zero attached hydrogens (tertiary/aromatic N) is 1. The Morgan fingerprint density at radius 2 is 1.70 bits per heavy atom. The summed E-state index contributed by atoms with van der Waals surface area (Å²) in [6.07, 6.45) is 0.768. The van der Waals surface area contributed by atoms with E-state index in [0.29, 0.717) is 22.2 Å². The van der Waals surface area contributed by atoms with Gasteiger partial charge in [-0.15, -0.1) is 11.3 Å². The molecule has 2 amide bonds. The summed E-state index contributed by atoms with van der Waals surface area (Å²) < 4.78 is 0. The average Bonchev–Trinajstić information content (AvgIpc) is 3.11. The van der Waals surface area contributed by atoms with Crippen LogP contribution in [0.4, 0.5) is 5.00 Å². The first-order valence-corrected chi connectivity index (χ1v) is 10.9. The molecule has 1 aliphatic heterocycles. The Balaban J connectivity index is 1.57. The van der Waals surface area contributed by atoms with Gasteiger partial charge in [0.15, 0.2) is 0 Å². The van der Waals surface area contributed by atoms with Crippen molar-refractivity contribution in [2.24, 2.45) is 5.73 Å². The second-order valence-electron chi connectivity index (χ2n) is 7.78. The standard InChI is InChI=1S/C24H25N3O2S/c1-15(2)27-13-12-19-20(14-27)30-24(21(19)22(25)28)26-23(29)18-10-8-17(9-11-18)16-6-4-3-5-7-16/h3-11,15H,12-14H2,1-2H3,(H2,25,28)(H,26,29). The largest absolute Gasteiger partial charge is 0.365 e. The number of hydrogen-bond acceptors (Lipinski definition) is 4. The van der Waals surface area contributed by atoms with Gasteiger partial charge in [0.05, 0.1) is 5.56 Å². The van der Waals surface area contributed by atoms with Crippen LogP contribution in [-0.2, 0) is 13.0 Å². The highest BCUT2D eigenvalue weighted by molar-refractivity contribution is 7.17. The van der Waals surface area contributed by atoms with Crippen LogP contribution >= 0.6 is 11.3 Å². The zero-order valence-corrected chi connectivity index (χ0v) is 18.0. The smallest absolute Gasteiger partial charge is 0.256 e. The van der Waals surface area contributed by atoms with Crippen molar-refractivity contribution in [2.75, 3.05) is 11.9 Å².